The molecule has 0 aromatic heterocycles. The first-order chi connectivity index (χ1) is 18.6. The number of ketones is 2. The molecule has 2 heterocycles. The molecule has 5 heteroatoms. The normalized spacial score (nSPS) is 26.4. The minimum atomic E-state index is 0.00839. The van der Waals surface area contributed by atoms with Crippen molar-refractivity contribution >= 4 is 11.6 Å². The lowest BCUT2D eigenvalue weighted by Crippen LogP contribution is -2.31. The van der Waals surface area contributed by atoms with Crippen molar-refractivity contribution in [1.29, 1.82) is 0 Å². The average molecular weight is 509 g/mol. The quantitative estimate of drug-likeness (QED) is 0.388. The zero-order valence-electron chi connectivity index (χ0n) is 21.7. The van der Waals surface area contributed by atoms with Crippen LogP contribution in [0.15, 0.2) is 72.8 Å². The predicted octanol–water partition coefficient (Wildman–Crippen LogP) is 4.78. The highest BCUT2D eigenvalue weighted by Crippen LogP contribution is 2.66. The molecule has 3 aromatic rings. The Morgan fingerprint density at radius 1 is 0.605 bits per heavy atom. The maximum Gasteiger partial charge on any atom is 0.154 e. The van der Waals surface area contributed by atoms with Crippen molar-refractivity contribution in [2.75, 3.05) is 13.1 Å². The Labute approximate surface area is 224 Å². The van der Waals surface area contributed by atoms with Gasteiger partial charge in [0.15, 0.2) is 11.6 Å². The minimum Gasteiger partial charge on any atom is -0.508 e. The first kappa shape index (κ1) is 25.0. The molecule has 2 unspecified atom stereocenters. The molecule has 5 nitrogen and oxygen atoms in total. The highest BCUT2D eigenvalue weighted by atomic mass is 16.3. The van der Waals surface area contributed by atoms with Crippen LogP contribution >= 0.6 is 0 Å². The van der Waals surface area contributed by atoms with Gasteiger partial charge in [-0.3, -0.25) is 9.59 Å². The fraction of sp³-hybridized carbons (Fsp3) is 0.394. The minimum absolute atomic E-state index is 0.00839. The second kappa shape index (κ2) is 10.8. The van der Waals surface area contributed by atoms with Gasteiger partial charge >= 0.3 is 0 Å². The van der Waals surface area contributed by atoms with Gasteiger partial charge in [-0.15, -0.1) is 0 Å². The molecule has 0 radical (unpaired) electrons. The molecule has 196 valence electrons. The third-order valence-electron chi connectivity index (χ3n) is 8.68. The number of benzene rings is 3. The molecule has 6 rings (SSSR count). The van der Waals surface area contributed by atoms with E-state index >= 15 is 0 Å². The summed E-state index contributed by atoms with van der Waals surface area (Å²) in [4.78, 5) is 25.2. The monoisotopic (exact) mass is 508 g/mol. The number of nitrogens with one attached hydrogen (secondary N) is 2. The maximum absolute atomic E-state index is 12.6. The van der Waals surface area contributed by atoms with E-state index in [4.69, 9.17) is 0 Å². The molecule has 3 aromatic carbocycles. The van der Waals surface area contributed by atoms with Crippen molar-refractivity contribution in [3.05, 3.63) is 101 Å². The van der Waals surface area contributed by atoms with E-state index in [1.807, 2.05) is 12.1 Å². The molecular weight excluding hydrogens is 472 g/mol. The van der Waals surface area contributed by atoms with Gasteiger partial charge in [-0.05, 0) is 96.5 Å². The summed E-state index contributed by atoms with van der Waals surface area (Å²) in [6.45, 7) is 1.87. The van der Waals surface area contributed by atoms with Crippen molar-refractivity contribution in [1.82, 2.24) is 10.6 Å². The summed E-state index contributed by atoms with van der Waals surface area (Å²) in [6, 6.07) is 24.8. The van der Waals surface area contributed by atoms with Gasteiger partial charge in [-0.1, -0.05) is 60.7 Å². The van der Waals surface area contributed by atoms with Crippen LogP contribution in [0, 0.1) is 0 Å². The van der Waals surface area contributed by atoms with Crippen LogP contribution in [0.4, 0.5) is 0 Å². The summed E-state index contributed by atoms with van der Waals surface area (Å²) in [5, 5.41) is 16.4. The largest absolute Gasteiger partial charge is 0.508 e. The first-order valence-corrected chi connectivity index (χ1v) is 14.1. The number of phenolic OH excluding ortho intramolecular Hbond substituents is 1. The molecular formula is C33H36N2O3. The number of hydrogen-bond donors (Lipinski definition) is 3. The van der Waals surface area contributed by atoms with Crippen LogP contribution in [0.2, 0.25) is 0 Å². The Kier molecular flexibility index (Phi) is 7.14. The van der Waals surface area contributed by atoms with Crippen molar-refractivity contribution < 1.29 is 14.7 Å². The number of phenols is 1. The van der Waals surface area contributed by atoms with Crippen LogP contribution in [0.25, 0.3) is 0 Å². The van der Waals surface area contributed by atoms with E-state index in [0.29, 0.717) is 30.6 Å². The molecule has 38 heavy (non-hydrogen) atoms. The van der Waals surface area contributed by atoms with E-state index < -0.39 is 0 Å². The van der Waals surface area contributed by atoms with Crippen LogP contribution in [0.1, 0.15) is 71.3 Å². The molecule has 2 saturated heterocycles. The van der Waals surface area contributed by atoms with Gasteiger partial charge in [0, 0.05) is 12.8 Å². The second-order valence-electron chi connectivity index (χ2n) is 11.2. The lowest BCUT2D eigenvalue weighted by Gasteiger charge is -2.10. The SMILES string of the molecule is O=C(Cc1ccc(C2C(c3ccc(O)cc3)C2c2ccc(CC(=O)[C@@H]3CCCN3)cc2)cc1)[C@@H]1CCCN1. The number of carbonyl (C=O) groups is 2. The third kappa shape index (κ3) is 5.31. The summed E-state index contributed by atoms with van der Waals surface area (Å²) in [7, 11) is 0. The lowest BCUT2D eigenvalue weighted by molar-refractivity contribution is -0.120. The molecule has 3 aliphatic rings. The summed E-state index contributed by atoms with van der Waals surface area (Å²) >= 11 is 0. The molecule has 3 N–H and O–H groups in total. The topological polar surface area (TPSA) is 78.4 Å². The van der Waals surface area contributed by atoms with E-state index in [9.17, 15) is 14.7 Å². The number of aromatic hydroxyl groups is 1. The molecule has 4 atom stereocenters. The fourth-order valence-electron chi connectivity index (χ4n) is 6.53. The molecule has 0 bridgehead atoms. The molecule has 1 saturated carbocycles. The van der Waals surface area contributed by atoms with Crippen LogP contribution in [-0.2, 0) is 22.4 Å². The number of carbonyl (C=O) groups excluding carboxylic acids is 2. The average Bonchev–Trinajstić information content (AvgIpc) is 3.31. The number of rotatable bonds is 9. The van der Waals surface area contributed by atoms with Gasteiger partial charge in [0.05, 0.1) is 12.1 Å². The standard InChI is InChI=1S/C33H36N2O3/c36-26-15-13-25(14-16-26)33-31(23-9-5-21(6-10-23)19-29(37)27-3-1-17-34-27)32(33)24-11-7-22(8-12-24)20-30(38)28-4-2-18-35-28/h5-16,27-28,31-36H,1-4,17-20H2/t27-,28-,31?,32?,33?/m0/s1. The summed E-state index contributed by atoms with van der Waals surface area (Å²) in [6.07, 6.45) is 4.99. The van der Waals surface area contributed by atoms with E-state index in [1.165, 1.54) is 16.7 Å². The van der Waals surface area contributed by atoms with Gasteiger partial charge in [-0.25, -0.2) is 0 Å². The zero-order chi connectivity index (χ0) is 26.1. The van der Waals surface area contributed by atoms with Crippen molar-refractivity contribution in [3.8, 4) is 5.75 Å². The van der Waals surface area contributed by atoms with Gasteiger partial charge in [0.25, 0.3) is 0 Å². The zero-order valence-corrected chi connectivity index (χ0v) is 21.7. The van der Waals surface area contributed by atoms with E-state index in [-0.39, 0.29) is 29.4 Å². The molecule has 3 fully saturated rings. The van der Waals surface area contributed by atoms with Crippen LogP contribution in [-0.4, -0.2) is 41.8 Å². The second-order valence-corrected chi connectivity index (χ2v) is 11.2. The van der Waals surface area contributed by atoms with Gasteiger partial charge < -0.3 is 15.7 Å². The Bertz CT molecular complexity index is 1190. The number of hydrogen-bond acceptors (Lipinski definition) is 5. The fourth-order valence-corrected chi connectivity index (χ4v) is 6.53. The summed E-state index contributed by atoms with van der Waals surface area (Å²) < 4.78 is 0. The van der Waals surface area contributed by atoms with E-state index in [0.717, 1.165) is 49.9 Å². The predicted molar refractivity (Wildman–Crippen MR) is 149 cm³/mol. The Morgan fingerprint density at radius 2 is 0.974 bits per heavy atom. The van der Waals surface area contributed by atoms with E-state index in [1.54, 1.807) is 12.1 Å². The Morgan fingerprint density at radius 3 is 1.32 bits per heavy atom. The smallest absolute Gasteiger partial charge is 0.154 e. The van der Waals surface area contributed by atoms with Crippen LogP contribution < -0.4 is 10.6 Å². The highest BCUT2D eigenvalue weighted by molar-refractivity contribution is 5.86. The molecule has 0 spiro atoms. The molecule has 0 amide bonds. The molecule has 2 aliphatic heterocycles. The summed E-state index contributed by atoms with van der Waals surface area (Å²) in [5.74, 6) is 1.82. The lowest BCUT2D eigenvalue weighted by atomic mass is 9.98. The molecule has 1 aliphatic carbocycles. The highest BCUT2D eigenvalue weighted by Gasteiger charge is 2.52. The van der Waals surface area contributed by atoms with Gasteiger partial charge in [0.1, 0.15) is 5.75 Å². The first-order valence-electron chi connectivity index (χ1n) is 14.1. The van der Waals surface area contributed by atoms with E-state index in [2.05, 4.69) is 59.2 Å². The Balaban J connectivity index is 1.19. The third-order valence-corrected chi connectivity index (χ3v) is 8.68. The van der Waals surface area contributed by atoms with Crippen molar-refractivity contribution in [3.63, 3.8) is 0 Å². The van der Waals surface area contributed by atoms with Crippen molar-refractivity contribution in [2.45, 2.75) is 68.4 Å². The van der Waals surface area contributed by atoms with Gasteiger partial charge in [0.2, 0.25) is 0 Å². The van der Waals surface area contributed by atoms with Gasteiger partial charge in [-0.2, -0.15) is 0 Å². The summed E-state index contributed by atoms with van der Waals surface area (Å²) in [5.41, 5.74) is 5.90. The Hall–Kier alpha value is -3.28. The van der Waals surface area contributed by atoms with Crippen molar-refractivity contribution in [2.24, 2.45) is 0 Å². The number of Topliss-reactive ketones (excluding diaryl/α,β-unsaturated/α-hetero) is 2. The van der Waals surface area contributed by atoms with Crippen LogP contribution in [0.3, 0.4) is 0 Å². The van der Waals surface area contributed by atoms with Crippen LogP contribution in [0.5, 0.6) is 5.75 Å². The maximum atomic E-state index is 12.6.